The highest BCUT2D eigenvalue weighted by molar-refractivity contribution is 5.66. The molecular formula is C16H17N2+. The number of pyridine rings is 1. The maximum Gasteiger partial charge on any atom is 0.272 e. The number of rotatable bonds is 4. The number of nitrogen functional groups attached to an aromatic ring is 1. The molecule has 0 saturated heterocycles. The lowest BCUT2D eigenvalue weighted by Gasteiger charge is -2.09. The molecule has 0 bridgehead atoms. The van der Waals surface area contributed by atoms with Crippen molar-refractivity contribution in [2.24, 2.45) is 0 Å². The normalized spacial score (nSPS) is 10.0. The molecule has 0 atom stereocenters. The topological polar surface area (TPSA) is 29.9 Å². The van der Waals surface area contributed by atoms with Crippen molar-refractivity contribution in [1.82, 2.24) is 0 Å². The lowest BCUT2D eigenvalue weighted by atomic mass is 10.0. The predicted molar refractivity (Wildman–Crippen MR) is 76.8 cm³/mol. The van der Waals surface area contributed by atoms with Crippen molar-refractivity contribution in [2.75, 3.05) is 5.73 Å². The first-order chi connectivity index (χ1) is 8.76. The number of hydrogen-bond donors (Lipinski definition) is 1. The van der Waals surface area contributed by atoms with Gasteiger partial charge < -0.3 is 0 Å². The molecular weight excluding hydrogens is 220 g/mol. The van der Waals surface area contributed by atoms with Crippen LogP contribution in [0.15, 0.2) is 55.8 Å². The maximum atomic E-state index is 5.95. The molecule has 2 aromatic rings. The lowest BCUT2D eigenvalue weighted by molar-refractivity contribution is -0.674. The second kappa shape index (κ2) is 5.32. The van der Waals surface area contributed by atoms with Crippen LogP contribution < -0.4 is 10.3 Å². The summed E-state index contributed by atoms with van der Waals surface area (Å²) in [5.74, 6) is 0.747. The summed E-state index contributed by atoms with van der Waals surface area (Å²) in [7, 11) is 0. The van der Waals surface area contributed by atoms with Crippen LogP contribution in [-0.2, 0) is 6.54 Å². The Kier molecular flexibility index (Phi) is 3.58. The van der Waals surface area contributed by atoms with Gasteiger partial charge in [0.15, 0.2) is 0 Å². The molecule has 2 nitrogen and oxygen atoms in total. The summed E-state index contributed by atoms with van der Waals surface area (Å²) in [6, 6.07) is 11.9. The average molecular weight is 237 g/mol. The van der Waals surface area contributed by atoms with Crippen LogP contribution in [0.1, 0.15) is 16.7 Å². The Balaban J connectivity index is 2.44. The van der Waals surface area contributed by atoms with Crippen molar-refractivity contribution in [3.8, 4) is 0 Å². The summed E-state index contributed by atoms with van der Waals surface area (Å²) in [6.07, 6.45) is 5.69. The smallest absolute Gasteiger partial charge is 0.272 e. The van der Waals surface area contributed by atoms with E-state index in [4.69, 9.17) is 5.73 Å². The van der Waals surface area contributed by atoms with E-state index >= 15 is 0 Å². The first-order valence-electron chi connectivity index (χ1n) is 5.87. The Labute approximate surface area is 108 Å². The number of anilines is 1. The third-order valence-corrected chi connectivity index (χ3v) is 2.97. The quantitative estimate of drug-likeness (QED) is 0.814. The molecule has 0 aliphatic carbocycles. The molecule has 0 fully saturated rings. The van der Waals surface area contributed by atoms with Crippen molar-refractivity contribution >= 4 is 18.0 Å². The van der Waals surface area contributed by atoms with Gasteiger partial charge in [0.25, 0.3) is 5.82 Å². The van der Waals surface area contributed by atoms with E-state index in [1.807, 2.05) is 53.2 Å². The monoisotopic (exact) mass is 237 g/mol. The molecule has 0 saturated carbocycles. The molecule has 2 rings (SSSR count). The van der Waals surface area contributed by atoms with Crippen LogP contribution in [0.25, 0.3) is 12.2 Å². The van der Waals surface area contributed by atoms with Crippen LogP contribution in [0.4, 0.5) is 5.82 Å². The Morgan fingerprint density at radius 2 is 1.89 bits per heavy atom. The first-order valence-corrected chi connectivity index (χ1v) is 5.87. The molecule has 0 aliphatic heterocycles. The van der Waals surface area contributed by atoms with E-state index in [2.05, 4.69) is 19.2 Å². The van der Waals surface area contributed by atoms with Gasteiger partial charge in [-0.3, -0.25) is 5.73 Å². The van der Waals surface area contributed by atoms with E-state index in [1.54, 1.807) is 0 Å². The van der Waals surface area contributed by atoms with Crippen LogP contribution in [0.3, 0.4) is 0 Å². The van der Waals surface area contributed by atoms with Crippen molar-refractivity contribution in [3.05, 3.63) is 72.4 Å². The molecule has 2 N–H and O–H groups in total. The van der Waals surface area contributed by atoms with E-state index in [-0.39, 0.29) is 0 Å². The first kappa shape index (κ1) is 12.1. The van der Waals surface area contributed by atoms with E-state index in [1.165, 1.54) is 5.56 Å². The van der Waals surface area contributed by atoms with Crippen LogP contribution in [0.2, 0.25) is 0 Å². The Hall–Kier alpha value is -2.35. The molecule has 1 aromatic carbocycles. The molecule has 1 aromatic heterocycles. The standard InChI is InChI=1S/C16H16N2/c1-3-13-8-7-9-14(15(13)4-2)12-18-11-6-5-10-16(18)17/h3-11,17H,1-2,12H2/p+1. The minimum atomic E-state index is 0.732. The minimum Gasteiger partial charge on any atom is -0.287 e. The molecule has 18 heavy (non-hydrogen) atoms. The Morgan fingerprint density at radius 3 is 2.56 bits per heavy atom. The Morgan fingerprint density at radius 1 is 1.06 bits per heavy atom. The molecule has 1 heterocycles. The molecule has 2 heteroatoms. The zero-order valence-electron chi connectivity index (χ0n) is 10.3. The molecule has 90 valence electrons. The van der Waals surface area contributed by atoms with Gasteiger partial charge in [-0.05, 0) is 17.2 Å². The highest BCUT2D eigenvalue weighted by atomic mass is 15.0. The summed E-state index contributed by atoms with van der Waals surface area (Å²) in [6.45, 7) is 8.43. The molecule has 0 radical (unpaired) electrons. The van der Waals surface area contributed by atoms with Crippen LogP contribution >= 0.6 is 0 Å². The van der Waals surface area contributed by atoms with Gasteiger partial charge in [0.2, 0.25) is 0 Å². The number of nitrogens with two attached hydrogens (primary N) is 1. The average Bonchev–Trinajstić information content (AvgIpc) is 2.41. The highest BCUT2D eigenvalue weighted by Crippen LogP contribution is 2.17. The summed E-state index contributed by atoms with van der Waals surface area (Å²) < 4.78 is 2.01. The fourth-order valence-corrected chi connectivity index (χ4v) is 2.01. The van der Waals surface area contributed by atoms with Gasteiger partial charge in [0.1, 0.15) is 6.54 Å². The second-order valence-corrected chi connectivity index (χ2v) is 4.08. The van der Waals surface area contributed by atoms with E-state index < -0.39 is 0 Å². The summed E-state index contributed by atoms with van der Waals surface area (Å²) in [5, 5.41) is 0. The molecule has 0 amide bonds. The fourth-order valence-electron chi connectivity index (χ4n) is 2.01. The zero-order chi connectivity index (χ0) is 13.0. The van der Waals surface area contributed by atoms with Crippen molar-refractivity contribution < 1.29 is 4.57 Å². The number of nitrogens with zero attached hydrogens (tertiary/aromatic N) is 1. The van der Waals surface area contributed by atoms with Crippen LogP contribution in [-0.4, -0.2) is 0 Å². The number of aromatic nitrogens is 1. The zero-order valence-corrected chi connectivity index (χ0v) is 10.3. The van der Waals surface area contributed by atoms with E-state index in [0.29, 0.717) is 0 Å². The summed E-state index contributed by atoms with van der Waals surface area (Å²) in [4.78, 5) is 0. The van der Waals surface area contributed by atoms with Gasteiger partial charge in [0.05, 0.1) is 6.20 Å². The minimum absolute atomic E-state index is 0.732. The van der Waals surface area contributed by atoms with Crippen molar-refractivity contribution in [2.45, 2.75) is 6.54 Å². The van der Waals surface area contributed by atoms with Gasteiger partial charge in [-0.25, -0.2) is 4.57 Å². The van der Waals surface area contributed by atoms with Crippen LogP contribution in [0, 0.1) is 0 Å². The molecule has 0 unspecified atom stereocenters. The SMILES string of the molecule is C=Cc1cccc(C[n+]2ccccc2N)c1C=C. The summed E-state index contributed by atoms with van der Waals surface area (Å²) >= 11 is 0. The van der Waals surface area contributed by atoms with Gasteiger partial charge in [0, 0.05) is 11.6 Å². The Bertz CT molecular complexity index is 585. The third kappa shape index (κ3) is 2.33. The molecule has 0 spiro atoms. The summed E-state index contributed by atoms with van der Waals surface area (Å²) in [5.41, 5.74) is 9.34. The van der Waals surface area contributed by atoms with E-state index in [0.717, 1.165) is 23.5 Å². The van der Waals surface area contributed by atoms with E-state index in [9.17, 15) is 0 Å². The highest BCUT2D eigenvalue weighted by Gasteiger charge is 2.08. The van der Waals surface area contributed by atoms with Gasteiger partial charge in [-0.2, -0.15) is 0 Å². The van der Waals surface area contributed by atoms with Gasteiger partial charge in [-0.1, -0.05) is 49.6 Å². The van der Waals surface area contributed by atoms with Crippen LogP contribution in [0.5, 0.6) is 0 Å². The second-order valence-electron chi connectivity index (χ2n) is 4.08. The third-order valence-electron chi connectivity index (χ3n) is 2.97. The maximum absolute atomic E-state index is 5.95. The lowest BCUT2D eigenvalue weighted by Crippen LogP contribution is -2.37. The molecule has 0 aliphatic rings. The fraction of sp³-hybridized carbons (Fsp3) is 0.0625. The predicted octanol–water partition coefficient (Wildman–Crippen LogP) is 2.89. The number of hydrogen-bond acceptors (Lipinski definition) is 1. The van der Waals surface area contributed by atoms with Crippen molar-refractivity contribution in [3.63, 3.8) is 0 Å². The number of benzene rings is 1. The van der Waals surface area contributed by atoms with Crippen molar-refractivity contribution in [1.29, 1.82) is 0 Å². The largest absolute Gasteiger partial charge is 0.287 e. The van der Waals surface area contributed by atoms with Gasteiger partial charge in [-0.15, -0.1) is 0 Å². The van der Waals surface area contributed by atoms with Gasteiger partial charge >= 0.3 is 0 Å².